The fourth-order valence-electron chi connectivity index (χ4n) is 5.50. The van der Waals surface area contributed by atoms with Crippen LogP contribution in [0.2, 0.25) is 0 Å². The first kappa shape index (κ1) is 32.5. The second-order valence-electron chi connectivity index (χ2n) is 11.6. The molecule has 1 amide bonds. The van der Waals surface area contributed by atoms with Gasteiger partial charge in [0.2, 0.25) is 21.9 Å². The average Bonchev–Trinajstić information content (AvgIpc) is 3.61. The zero-order valence-corrected chi connectivity index (χ0v) is 26.0. The lowest BCUT2D eigenvalue weighted by molar-refractivity contribution is -0.0907. The number of nitrogen functional groups attached to an aromatic ring is 2. The number of rotatable bonds is 12. The van der Waals surface area contributed by atoms with Crippen LogP contribution in [0.3, 0.4) is 0 Å². The number of anilines is 2. The van der Waals surface area contributed by atoms with E-state index in [-0.39, 0.29) is 66.9 Å². The van der Waals surface area contributed by atoms with Crippen molar-refractivity contribution in [3.05, 3.63) is 60.2 Å². The molecule has 3 heterocycles. The molecule has 1 aromatic heterocycles. The number of carbonyl (C=O) groups excluding carboxylic acids is 1. The van der Waals surface area contributed by atoms with Crippen LogP contribution in [-0.4, -0.2) is 89.7 Å². The molecule has 0 radical (unpaired) electrons. The fraction of sp³-hybridized carbons (Fsp3) is 0.467. The Morgan fingerprint density at radius 3 is 2.40 bits per heavy atom. The van der Waals surface area contributed by atoms with Crippen LogP contribution in [0.25, 0.3) is 11.4 Å². The van der Waals surface area contributed by atoms with Gasteiger partial charge in [-0.3, -0.25) is 0 Å². The normalized spacial score (nSPS) is 21.0. The van der Waals surface area contributed by atoms with Crippen LogP contribution in [0.4, 0.5) is 16.7 Å². The number of hydrogen-bond acceptors (Lipinski definition) is 12. The number of carbonyl (C=O) groups is 1. The van der Waals surface area contributed by atoms with Gasteiger partial charge in [-0.05, 0) is 48.6 Å². The van der Waals surface area contributed by atoms with Gasteiger partial charge in [-0.25, -0.2) is 13.2 Å². The molecule has 0 saturated carbocycles. The van der Waals surface area contributed by atoms with Crippen LogP contribution in [0.15, 0.2) is 59.5 Å². The van der Waals surface area contributed by atoms with E-state index in [4.69, 9.17) is 25.7 Å². The number of fused-ring (bicyclic) bond motifs is 1. The Morgan fingerprint density at radius 1 is 1.04 bits per heavy atom. The van der Waals surface area contributed by atoms with Crippen LogP contribution in [0.1, 0.15) is 25.8 Å². The first-order chi connectivity index (χ1) is 21.5. The number of benzene rings is 2. The number of nitrogens with zero attached hydrogens (tertiary/aromatic N) is 4. The molecule has 0 spiro atoms. The van der Waals surface area contributed by atoms with Crippen molar-refractivity contribution in [3.63, 3.8) is 0 Å². The van der Waals surface area contributed by atoms with Gasteiger partial charge >= 0.3 is 6.09 Å². The van der Waals surface area contributed by atoms with E-state index in [0.717, 1.165) is 12.0 Å². The van der Waals surface area contributed by atoms with E-state index < -0.39 is 34.4 Å². The van der Waals surface area contributed by atoms with Crippen molar-refractivity contribution in [2.24, 2.45) is 11.8 Å². The van der Waals surface area contributed by atoms with Crippen LogP contribution in [-0.2, 0) is 30.7 Å². The topological polar surface area (TPSA) is 205 Å². The summed E-state index contributed by atoms with van der Waals surface area (Å²) in [5, 5.41) is 14.3. The van der Waals surface area contributed by atoms with Crippen molar-refractivity contribution in [2.45, 2.75) is 56.1 Å². The molecule has 2 saturated heterocycles. The fourth-order valence-corrected chi connectivity index (χ4v) is 7.12. The van der Waals surface area contributed by atoms with Gasteiger partial charge in [-0.15, -0.1) is 0 Å². The second kappa shape index (κ2) is 14.0. The average molecular weight is 642 g/mol. The summed E-state index contributed by atoms with van der Waals surface area (Å²) in [6.45, 7) is 4.39. The molecule has 0 bridgehead atoms. The van der Waals surface area contributed by atoms with E-state index in [2.05, 4.69) is 20.3 Å². The molecule has 6 N–H and O–H groups in total. The zero-order chi connectivity index (χ0) is 32.1. The minimum absolute atomic E-state index is 0.00986. The highest BCUT2D eigenvalue weighted by molar-refractivity contribution is 7.89. The van der Waals surface area contributed by atoms with E-state index in [1.807, 2.05) is 44.2 Å². The first-order valence-corrected chi connectivity index (χ1v) is 16.2. The predicted octanol–water partition coefficient (Wildman–Crippen LogP) is 1.81. The maximum absolute atomic E-state index is 13.9. The molecular formula is C30H39N7O7S. The Bertz CT molecular complexity index is 1540. The van der Waals surface area contributed by atoms with E-state index in [0.29, 0.717) is 12.2 Å². The SMILES string of the molecule is CC(C)CN(C[C@@H](O)[C@H](Cc1ccccc1)NC(=O)OC1COC2OCCC12)S(=O)(=O)c1ccc(-c2nc(N)nc(N)n2)cc1. The van der Waals surface area contributed by atoms with Crippen LogP contribution >= 0.6 is 0 Å². The summed E-state index contributed by atoms with van der Waals surface area (Å²) < 4.78 is 45.8. The number of aliphatic hydroxyl groups is 1. The summed E-state index contributed by atoms with van der Waals surface area (Å²) >= 11 is 0. The first-order valence-electron chi connectivity index (χ1n) is 14.8. The summed E-state index contributed by atoms with van der Waals surface area (Å²) in [5.74, 6) is -0.00685. The molecule has 3 aromatic rings. The Hall–Kier alpha value is -3.89. The Kier molecular flexibility index (Phi) is 10.1. The van der Waals surface area contributed by atoms with E-state index in [1.54, 1.807) is 12.1 Å². The maximum atomic E-state index is 13.9. The Morgan fingerprint density at radius 2 is 1.73 bits per heavy atom. The molecule has 5 atom stereocenters. The molecule has 2 aliphatic rings. The minimum Gasteiger partial charge on any atom is -0.443 e. The largest absolute Gasteiger partial charge is 0.443 e. The number of hydrogen-bond donors (Lipinski definition) is 4. The van der Waals surface area contributed by atoms with E-state index >= 15 is 0 Å². The Labute approximate surface area is 262 Å². The number of ether oxygens (including phenoxy) is 3. The number of nitrogens with two attached hydrogens (primary N) is 2. The quantitative estimate of drug-likeness (QED) is 0.223. The zero-order valence-electron chi connectivity index (χ0n) is 25.2. The number of aliphatic hydroxyl groups excluding tert-OH is 1. The highest BCUT2D eigenvalue weighted by Crippen LogP contribution is 2.33. The summed E-state index contributed by atoms with van der Waals surface area (Å²) in [5.41, 5.74) is 12.7. The highest BCUT2D eigenvalue weighted by Gasteiger charge is 2.44. The maximum Gasteiger partial charge on any atom is 0.407 e. The highest BCUT2D eigenvalue weighted by atomic mass is 32.2. The van der Waals surface area contributed by atoms with Gasteiger partial charge < -0.3 is 36.1 Å². The van der Waals surface area contributed by atoms with Crippen molar-refractivity contribution in [1.82, 2.24) is 24.6 Å². The number of aromatic nitrogens is 3. The molecule has 2 fully saturated rings. The van der Waals surface area contributed by atoms with Gasteiger partial charge in [0, 0.05) is 18.7 Å². The van der Waals surface area contributed by atoms with Crippen molar-refractivity contribution >= 4 is 28.0 Å². The molecule has 15 heteroatoms. The minimum atomic E-state index is -4.07. The summed E-state index contributed by atoms with van der Waals surface area (Å²) in [4.78, 5) is 24.9. The van der Waals surface area contributed by atoms with Gasteiger partial charge in [0.25, 0.3) is 0 Å². The van der Waals surface area contributed by atoms with Gasteiger partial charge in [0.05, 0.1) is 36.2 Å². The monoisotopic (exact) mass is 641 g/mol. The molecule has 14 nitrogen and oxygen atoms in total. The number of alkyl carbamates (subject to hydrolysis) is 1. The number of nitrogens with one attached hydrogen (secondary N) is 1. The van der Waals surface area contributed by atoms with Crippen LogP contribution in [0.5, 0.6) is 0 Å². The predicted molar refractivity (Wildman–Crippen MR) is 165 cm³/mol. The molecule has 242 valence electrons. The van der Waals surface area contributed by atoms with Gasteiger partial charge in [0.1, 0.15) is 6.10 Å². The third kappa shape index (κ3) is 8.04. The molecule has 2 aliphatic heterocycles. The van der Waals surface area contributed by atoms with Crippen molar-refractivity contribution < 1.29 is 32.5 Å². The number of amides is 1. The Balaban J connectivity index is 1.34. The molecular weight excluding hydrogens is 602 g/mol. The third-order valence-corrected chi connectivity index (χ3v) is 9.54. The van der Waals surface area contributed by atoms with Crippen LogP contribution < -0.4 is 16.8 Å². The second-order valence-corrected chi connectivity index (χ2v) is 13.5. The third-order valence-electron chi connectivity index (χ3n) is 7.69. The van der Waals surface area contributed by atoms with Gasteiger partial charge in [-0.1, -0.05) is 44.2 Å². The summed E-state index contributed by atoms with van der Waals surface area (Å²) in [6, 6.07) is 14.4. The standard InChI is InChI=1S/C30H39N7O7S/c1-18(2)15-37(45(40,41)21-10-8-20(9-11-21)26-34-28(31)36-29(32)35-26)16-24(38)23(14-19-6-4-3-5-7-19)33-30(39)44-25-17-43-27-22(25)12-13-42-27/h3-11,18,22-25,27,38H,12-17H2,1-2H3,(H,33,39)(H4,31,32,34,35,36)/t22?,23-,24+,25?,27?/m0/s1. The molecule has 2 aromatic carbocycles. The smallest absolute Gasteiger partial charge is 0.407 e. The lowest BCUT2D eigenvalue weighted by Gasteiger charge is -2.31. The summed E-state index contributed by atoms with van der Waals surface area (Å²) in [6.07, 6.45) is -1.88. The molecule has 45 heavy (non-hydrogen) atoms. The summed E-state index contributed by atoms with van der Waals surface area (Å²) in [7, 11) is -4.07. The van der Waals surface area contributed by atoms with Crippen molar-refractivity contribution in [2.75, 3.05) is 37.8 Å². The number of sulfonamides is 1. The lowest BCUT2D eigenvalue weighted by Crippen LogP contribution is -2.51. The molecule has 3 unspecified atom stereocenters. The molecule has 5 rings (SSSR count). The van der Waals surface area contributed by atoms with Gasteiger partial charge in [-0.2, -0.15) is 19.3 Å². The van der Waals surface area contributed by atoms with Crippen molar-refractivity contribution in [1.29, 1.82) is 0 Å². The molecule has 0 aliphatic carbocycles. The van der Waals surface area contributed by atoms with Crippen LogP contribution in [0, 0.1) is 11.8 Å². The van der Waals surface area contributed by atoms with E-state index in [1.165, 1.54) is 16.4 Å². The van der Waals surface area contributed by atoms with E-state index in [9.17, 15) is 18.3 Å². The van der Waals surface area contributed by atoms with Crippen molar-refractivity contribution in [3.8, 4) is 11.4 Å². The lowest BCUT2D eigenvalue weighted by atomic mass is 10.0. The van der Waals surface area contributed by atoms with Gasteiger partial charge in [0.15, 0.2) is 12.1 Å².